The van der Waals surface area contributed by atoms with E-state index in [-0.39, 0.29) is 25.2 Å². The van der Waals surface area contributed by atoms with E-state index in [1.807, 2.05) is 41.3 Å². The fourth-order valence-corrected chi connectivity index (χ4v) is 8.01. The number of likely N-dealkylation sites (tertiary alicyclic amines) is 2. The van der Waals surface area contributed by atoms with Crippen LogP contribution in [0.3, 0.4) is 0 Å². The zero-order valence-electron chi connectivity index (χ0n) is 31.1. The predicted molar refractivity (Wildman–Crippen MR) is 215 cm³/mol. The number of nitriles is 1. The quantitative estimate of drug-likeness (QED) is 0.107. The molecule has 2 aliphatic heterocycles. The van der Waals surface area contributed by atoms with Gasteiger partial charge in [0.1, 0.15) is 42.6 Å². The molecular formula is C42H44Cl3N5O6. The lowest BCUT2D eigenvalue weighted by molar-refractivity contribution is -0.144. The molecule has 3 heterocycles. The SMILES string of the molecule is CC(=O)NC1CCN(CCCOc2cccc(-c3cccc(COc4cc(OCc5cncc(C#N)c5)c(CN5CCCC[C@H]5C(=O)O)cc4Cl)c3Cl)c2Cl)C1. The third-order valence-corrected chi connectivity index (χ3v) is 11.1. The molecule has 2 saturated heterocycles. The zero-order valence-corrected chi connectivity index (χ0v) is 33.4. The highest BCUT2D eigenvalue weighted by Gasteiger charge is 2.29. The molecule has 0 spiro atoms. The van der Waals surface area contributed by atoms with Crippen molar-refractivity contribution < 1.29 is 28.9 Å². The first-order chi connectivity index (χ1) is 27.1. The van der Waals surface area contributed by atoms with Crippen molar-refractivity contribution in [3.8, 4) is 34.4 Å². The van der Waals surface area contributed by atoms with Crippen LogP contribution >= 0.6 is 34.8 Å². The van der Waals surface area contributed by atoms with Crippen molar-refractivity contribution >= 4 is 46.7 Å². The van der Waals surface area contributed by atoms with Crippen LogP contribution in [0.25, 0.3) is 11.1 Å². The van der Waals surface area contributed by atoms with Gasteiger partial charge in [-0.3, -0.25) is 19.5 Å². The molecule has 6 rings (SSSR count). The van der Waals surface area contributed by atoms with E-state index in [0.717, 1.165) is 56.4 Å². The summed E-state index contributed by atoms with van der Waals surface area (Å²) < 4.78 is 18.7. The lowest BCUT2D eigenvalue weighted by atomic mass is 10.0. The molecule has 2 N–H and O–H groups in total. The number of amides is 1. The predicted octanol–water partition coefficient (Wildman–Crippen LogP) is 8.16. The fourth-order valence-electron chi connectivity index (χ4n) is 7.21. The number of nitrogens with zero attached hydrogens (tertiary/aromatic N) is 4. The van der Waals surface area contributed by atoms with Gasteiger partial charge in [0, 0.05) is 85.4 Å². The number of hydrogen-bond acceptors (Lipinski definition) is 9. The fraction of sp³-hybridized carbons (Fsp3) is 0.381. The summed E-state index contributed by atoms with van der Waals surface area (Å²) in [7, 11) is 0. The molecule has 3 aromatic carbocycles. The Bertz CT molecular complexity index is 2080. The number of benzene rings is 3. The summed E-state index contributed by atoms with van der Waals surface area (Å²) >= 11 is 20.7. The van der Waals surface area contributed by atoms with Gasteiger partial charge < -0.3 is 29.5 Å². The summed E-state index contributed by atoms with van der Waals surface area (Å²) in [6, 6.07) is 18.1. The van der Waals surface area contributed by atoms with Crippen molar-refractivity contribution in [1.82, 2.24) is 20.1 Å². The van der Waals surface area contributed by atoms with E-state index in [0.29, 0.717) is 80.7 Å². The number of hydrogen-bond donors (Lipinski definition) is 2. The second kappa shape index (κ2) is 19.5. The Morgan fingerprint density at radius 1 is 0.911 bits per heavy atom. The maximum Gasteiger partial charge on any atom is 0.320 e. The van der Waals surface area contributed by atoms with Crippen molar-refractivity contribution in [3.05, 3.63) is 104 Å². The number of carbonyl (C=O) groups excluding carboxylic acids is 1. The lowest BCUT2D eigenvalue weighted by Crippen LogP contribution is -2.44. The number of carboxylic acids is 1. The molecule has 4 aromatic rings. The van der Waals surface area contributed by atoms with Crippen LogP contribution < -0.4 is 19.5 Å². The Morgan fingerprint density at radius 3 is 2.48 bits per heavy atom. The van der Waals surface area contributed by atoms with Gasteiger partial charge in [-0.1, -0.05) is 71.6 Å². The summed E-state index contributed by atoms with van der Waals surface area (Å²) in [5.41, 5.74) is 3.97. The largest absolute Gasteiger partial charge is 0.492 e. The molecule has 1 aromatic heterocycles. The summed E-state index contributed by atoms with van der Waals surface area (Å²) in [5.74, 6) is 0.537. The third kappa shape index (κ3) is 10.6. The van der Waals surface area contributed by atoms with Crippen LogP contribution in [-0.4, -0.2) is 76.6 Å². The number of pyridine rings is 1. The number of piperidine rings is 1. The van der Waals surface area contributed by atoms with Gasteiger partial charge in [-0.15, -0.1) is 0 Å². The van der Waals surface area contributed by atoms with Gasteiger partial charge in [-0.25, -0.2) is 0 Å². The number of carboxylic acid groups (broad SMARTS) is 1. The Hall–Kier alpha value is -4.57. The molecule has 294 valence electrons. The van der Waals surface area contributed by atoms with Gasteiger partial charge in [0.15, 0.2) is 0 Å². The van der Waals surface area contributed by atoms with Crippen molar-refractivity contribution in [3.63, 3.8) is 0 Å². The minimum absolute atomic E-state index is 0.000234. The van der Waals surface area contributed by atoms with Crippen LogP contribution in [0.4, 0.5) is 0 Å². The molecule has 56 heavy (non-hydrogen) atoms. The van der Waals surface area contributed by atoms with Gasteiger partial charge in [-0.05, 0) is 50.4 Å². The Kier molecular flexibility index (Phi) is 14.3. The molecule has 2 aliphatic rings. The second-order valence-corrected chi connectivity index (χ2v) is 15.2. The van der Waals surface area contributed by atoms with Gasteiger partial charge >= 0.3 is 5.97 Å². The highest BCUT2D eigenvalue weighted by atomic mass is 35.5. The highest BCUT2D eigenvalue weighted by molar-refractivity contribution is 6.37. The van der Waals surface area contributed by atoms with Gasteiger partial charge in [0.25, 0.3) is 0 Å². The zero-order chi connectivity index (χ0) is 39.6. The molecule has 1 unspecified atom stereocenters. The average Bonchev–Trinajstić information content (AvgIpc) is 3.63. The van der Waals surface area contributed by atoms with Gasteiger partial charge in [-0.2, -0.15) is 5.26 Å². The van der Waals surface area contributed by atoms with E-state index in [1.165, 1.54) is 6.20 Å². The molecule has 0 aliphatic carbocycles. The van der Waals surface area contributed by atoms with Crippen LogP contribution in [0.1, 0.15) is 61.3 Å². The molecule has 14 heteroatoms. The maximum atomic E-state index is 12.1. The van der Waals surface area contributed by atoms with Crippen molar-refractivity contribution in [2.45, 2.75) is 70.9 Å². The molecule has 0 radical (unpaired) electrons. The number of rotatable bonds is 16. The van der Waals surface area contributed by atoms with E-state index < -0.39 is 12.0 Å². The molecule has 11 nitrogen and oxygen atoms in total. The first-order valence-corrected chi connectivity index (χ1v) is 19.8. The number of ether oxygens (including phenoxy) is 3. The van der Waals surface area contributed by atoms with Gasteiger partial charge in [0.2, 0.25) is 5.91 Å². The highest BCUT2D eigenvalue weighted by Crippen LogP contribution is 2.41. The molecule has 2 atom stereocenters. The van der Waals surface area contributed by atoms with Crippen molar-refractivity contribution in [2.24, 2.45) is 0 Å². The van der Waals surface area contributed by atoms with Crippen molar-refractivity contribution in [1.29, 1.82) is 5.26 Å². The summed E-state index contributed by atoms with van der Waals surface area (Å²) in [5, 5.41) is 23.5. The first kappa shape index (κ1) is 41.1. The van der Waals surface area contributed by atoms with Crippen LogP contribution in [0.15, 0.2) is 67.0 Å². The van der Waals surface area contributed by atoms with E-state index in [9.17, 15) is 20.0 Å². The smallest absolute Gasteiger partial charge is 0.320 e. The maximum absolute atomic E-state index is 12.1. The molecule has 1 amide bonds. The number of nitrogens with one attached hydrogen (secondary N) is 1. The number of aliphatic carboxylic acids is 1. The lowest BCUT2D eigenvalue weighted by Gasteiger charge is -2.33. The topological polar surface area (TPSA) is 137 Å². The van der Waals surface area contributed by atoms with Crippen molar-refractivity contribution in [2.75, 3.05) is 32.8 Å². The van der Waals surface area contributed by atoms with Gasteiger partial charge in [0.05, 0.1) is 27.2 Å². The Morgan fingerprint density at radius 2 is 1.70 bits per heavy atom. The van der Waals surface area contributed by atoms with E-state index in [4.69, 9.17) is 49.0 Å². The van der Waals surface area contributed by atoms with Crippen LogP contribution in [0, 0.1) is 11.3 Å². The van der Waals surface area contributed by atoms with Crippen LogP contribution in [0.5, 0.6) is 17.2 Å². The number of aromatic nitrogens is 1. The van der Waals surface area contributed by atoms with E-state index in [1.54, 1.807) is 31.3 Å². The van der Waals surface area contributed by atoms with Crippen LogP contribution in [-0.2, 0) is 29.3 Å². The molecular weight excluding hydrogens is 777 g/mol. The normalized spacial score (nSPS) is 17.3. The minimum atomic E-state index is -0.857. The second-order valence-electron chi connectivity index (χ2n) is 14.1. The number of halogens is 3. The Balaban J connectivity index is 1.15. The third-order valence-electron chi connectivity index (χ3n) is 9.98. The molecule has 2 fully saturated rings. The average molecular weight is 821 g/mol. The first-order valence-electron chi connectivity index (χ1n) is 18.7. The Labute approximate surface area is 342 Å². The minimum Gasteiger partial charge on any atom is -0.492 e. The van der Waals surface area contributed by atoms with Crippen LogP contribution in [0.2, 0.25) is 15.1 Å². The summed E-state index contributed by atoms with van der Waals surface area (Å²) in [4.78, 5) is 31.8. The van der Waals surface area contributed by atoms with E-state index >= 15 is 0 Å². The summed E-state index contributed by atoms with van der Waals surface area (Å²) in [6.45, 7) is 5.83. The number of carbonyl (C=O) groups is 2. The molecule has 0 bridgehead atoms. The monoisotopic (exact) mass is 819 g/mol. The molecule has 0 saturated carbocycles. The van der Waals surface area contributed by atoms with E-state index in [2.05, 4.69) is 21.3 Å². The summed E-state index contributed by atoms with van der Waals surface area (Å²) in [6.07, 6.45) is 7.18. The standard InChI is InChI=1S/C42H44Cl3N5O6/c1-27(51)48-32-12-15-49(24-32)13-6-16-54-37-11-5-9-34(41(37)45)33-8-4-7-30(40(33)44)26-56-39-19-38(55-25-29-17-28(20-46)21-47-22-29)31(18-35(39)43)23-50-14-3-2-10-36(50)42(52)53/h4-5,7-9,11,17-19,21-22,32,36H,2-3,6,10,12-16,23-26H2,1H3,(H,48,51)(H,52,53)/t32?,36-/m0/s1.